The third kappa shape index (κ3) is 2.10. The van der Waals surface area contributed by atoms with Gasteiger partial charge in [-0.15, -0.1) is 0 Å². The first-order chi connectivity index (χ1) is 9.41. The van der Waals surface area contributed by atoms with Crippen molar-refractivity contribution in [1.29, 1.82) is 0 Å². The highest BCUT2D eigenvalue weighted by Crippen LogP contribution is 2.40. The highest BCUT2D eigenvalue weighted by atomic mass is 35.5. The molecule has 2 heterocycles. The molecular weight excluding hydrogens is 385 g/mol. The standard InChI is InChI=1S/C12H2Cl6N2/c13-5-3-1-2-4-6(14)8(16)12(18)20-10(4)9(3)19-11(17)7(5)15/h1-2H. The molecule has 2 nitrogen and oxygen atoms in total. The van der Waals surface area contributed by atoms with Crippen molar-refractivity contribution >= 4 is 91.4 Å². The third-order valence-corrected chi connectivity index (χ3v) is 5.25. The number of pyridine rings is 2. The largest absolute Gasteiger partial charge is 0.232 e. The summed E-state index contributed by atoms with van der Waals surface area (Å²) in [6, 6.07) is 3.46. The summed E-state index contributed by atoms with van der Waals surface area (Å²) >= 11 is 36.2. The molecule has 0 spiro atoms. The van der Waals surface area contributed by atoms with Gasteiger partial charge in [0.1, 0.15) is 10.3 Å². The first kappa shape index (κ1) is 14.7. The minimum atomic E-state index is 0.0839. The molecule has 0 N–H and O–H groups in total. The van der Waals surface area contributed by atoms with E-state index < -0.39 is 0 Å². The topological polar surface area (TPSA) is 25.8 Å². The Morgan fingerprint density at radius 3 is 1.25 bits per heavy atom. The highest BCUT2D eigenvalue weighted by Gasteiger charge is 2.17. The maximum absolute atomic E-state index is 6.17. The van der Waals surface area contributed by atoms with Crippen LogP contribution in [-0.4, -0.2) is 9.97 Å². The molecule has 0 aliphatic rings. The van der Waals surface area contributed by atoms with Crippen LogP contribution >= 0.6 is 69.6 Å². The smallest absolute Gasteiger partial charge is 0.149 e. The van der Waals surface area contributed by atoms with Crippen LogP contribution in [0.2, 0.25) is 30.4 Å². The van der Waals surface area contributed by atoms with Crippen molar-refractivity contribution < 1.29 is 0 Å². The zero-order valence-electron chi connectivity index (χ0n) is 9.32. The van der Waals surface area contributed by atoms with Crippen molar-refractivity contribution in [2.75, 3.05) is 0 Å². The van der Waals surface area contributed by atoms with Crippen LogP contribution < -0.4 is 0 Å². The van der Waals surface area contributed by atoms with Gasteiger partial charge in [-0.25, -0.2) is 9.97 Å². The van der Waals surface area contributed by atoms with Gasteiger partial charge >= 0.3 is 0 Å². The van der Waals surface area contributed by atoms with Crippen LogP contribution in [0.5, 0.6) is 0 Å². The SMILES string of the molecule is Clc1nc2c(ccc3c(Cl)c(Cl)c(Cl)nc32)c(Cl)c1Cl. The molecule has 20 heavy (non-hydrogen) atoms. The first-order valence-corrected chi connectivity index (χ1v) is 7.46. The minimum absolute atomic E-state index is 0.0839. The van der Waals surface area contributed by atoms with Crippen molar-refractivity contribution in [1.82, 2.24) is 9.97 Å². The molecule has 0 aliphatic heterocycles. The predicted octanol–water partition coefficient (Wildman–Crippen LogP) is 6.70. The first-order valence-electron chi connectivity index (χ1n) is 5.19. The van der Waals surface area contributed by atoms with E-state index in [1.807, 2.05) is 0 Å². The summed E-state index contributed by atoms with van der Waals surface area (Å²) in [5.41, 5.74) is 0.921. The summed E-state index contributed by atoms with van der Waals surface area (Å²) in [4.78, 5) is 8.40. The second kappa shape index (κ2) is 5.20. The lowest BCUT2D eigenvalue weighted by atomic mass is 10.1. The molecule has 0 saturated heterocycles. The quantitative estimate of drug-likeness (QED) is 0.317. The van der Waals surface area contributed by atoms with E-state index in [1.54, 1.807) is 12.1 Å². The van der Waals surface area contributed by atoms with Gasteiger partial charge < -0.3 is 0 Å². The van der Waals surface area contributed by atoms with Crippen LogP contribution in [0.4, 0.5) is 0 Å². The fourth-order valence-electron chi connectivity index (χ4n) is 1.87. The third-order valence-electron chi connectivity index (χ3n) is 2.79. The molecular formula is C12H2Cl6N2. The second-order valence-corrected chi connectivity index (χ2v) is 6.15. The number of aromatic nitrogens is 2. The molecule has 102 valence electrons. The van der Waals surface area contributed by atoms with Crippen LogP contribution in [0.15, 0.2) is 12.1 Å². The molecule has 0 fully saturated rings. The Hall–Kier alpha value is -0.220. The maximum atomic E-state index is 6.17. The highest BCUT2D eigenvalue weighted by molar-refractivity contribution is 6.51. The lowest BCUT2D eigenvalue weighted by Gasteiger charge is -2.09. The van der Waals surface area contributed by atoms with Gasteiger partial charge in [-0.05, 0) is 0 Å². The van der Waals surface area contributed by atoms with Crippen LogP contribution in [0.3, 0.4) is 0 Å². The lowest BCUT2D eigenvalue weighted by Crippen LogP contribution is -1.90. The summed E-state index contributed by atoms with van der Waals surface area (Å²) in [7, 11) is 0. The fraction of sp³-hybridized carbons (Fsp3) is 0. The van der Waals surface area contributed by atoms with Crippen molar-refractivity contribution in [3.63, 3.8) is 0 Å². The second-order valence-electron chi connectivity index (χ2n) is 3.92. The van der Waals surface area contributed by atoms with Crippen LogP contribution in [-0.2, 0) is 0 Å². The lowest BCUT2D eigenvalue weighted by molar-refractivity contribution is 1.37. The van der Waals surface area contributed by atoms with E-state index in [0.717, 1.165) is 0 Å². The van der Waals surface area contributed by atoms with Gasteiger partial charge in [0.05, 0.1) is 31.1 Å². The summed E-state index contributed by atoms with van der Waals surface area (Å²) in [5.74, 6) is 0. The number of benzene rings is 1. The molecule has 1 aromatic carbocycles. The molecule has 2 aromatic heterocycles. The molecule has 0 bridgehead atoms. The van der Waals surface area contributed by atoms with Crippen molar-refractivity contribution in [2.24, 2.45) is 0 Å². The van der Waals surface area contributed by atoms with Gasteiger partial charge in [0.15, 0.2) is 0 Å². The number of nitrogens with zero attached hydrogens (tertiary/aromatic N) is 2. The van der Waals surface area contributed by atoms with E-state index in [4.69, 9.17) is 69.6 Å². The number of rotatable bonds is 0. The molecule has 3 aromatic rings. The average molecular weight is 387 g/mol. The Bertz CT molecular complexity index is 805. The zero-order chi connectivity index (χ0) is 14.6. The number of hydrogen-bond donors (Lipinski definition) is 0. The van der Waals surface area contributed by atoms with Gasteiger partial charge in [0, 0.05) is 10.8 Å². The van der Waals surface area contributed by atoms with E-state index in [2.05, 4.69) is 9.97 Å². The Labute approximate surface area is 143 Å². The van der Waals surface area contributed by atoms with E-state index in [0.29, 0.717) is 31.9 Å². The molecule has 0 unspecified atom stereocenters. The van der Waals surface area contributed by atoms with E-state index in [1.165, 1.54) is 0 Å². The molecule has 8 heteroatoms. The molecule has 3 rings (SSSR count). The van der Waals surface area contributed by atoms with Gasteiger partial charge in [0.25, 0.3) is 0 Å². The Morgan fingerprint density at radius 2 is 0.900 bits per heavy atom. The van der Waals surface area contributed by atoms with Crippen molar-refractivity contribution in [3.8, 4) is 0 Å². The Morgan fingerprint density at radius 1 is 0.550 bits per heavy atom. The van der Waals surface area contributed by atoms with Crippen LogP contribution in [0, 0.1) is 0 Å². The zero-order valence-corrected chi connectivity index (χ0v) is 13.9. The molecule has 0 radical (unpaired) electrons. The van der Waals surface area contributed by atoms with Gasteiger partial charge in [-0.2, -0.15) is 0 Å². The Balaban J connectivity index is 2.60. The van der Waals surface area contributed by atoms with Crippen LogP contribution in [0.1, 0.15) is 0 Å². The van der Waals surface area contributed by atoms with Crippen LogP contribution in [0.25, 0.3) is 21.8 Å². The number of halogens is 6. The normalized spacial score (nSPS) is 11.5. The fourth-order valence-corrected chi connectivity index (χ4v) is 3.10. The molecule has 0 saturated carbocycles. The Kier molecular flexibility index (Phi) is 3.83. The predicted molar refractivity (Wildman–Crippen MR) is 87.1 cm³/mol. The van der Waals surface area contributed by atoms with Gasteiger partial charge in [0.2, 0.25) is 0 Å². The number of hydrogen-bond acceptors (Lipinski definition) is 2. The van der Waals surface area contributed by atoms with E-state index >= 15 is 0 Å². The summed E-state index contributed by atoms with van der Waals surface area (Å²) in [5, 5.41) is 2.35. The van der Waals surface area contributed by atoms with E-state index in [-0.39, 0.29) is 20.4 Å². The molecule has 0 atom stereocenters. The van der Waals surface area contributed by atoms with Crippen molar-refractivity contribution in [3.05, 3.63) is 42.5 Å². The maximum Gasteiger partial charge on any atom is 0.149 e. The monoisotopic (exact) mass is 384 g/mol. The van der Waals surface area contributed by atoms with Crippen molar-refractivity contribution in [2.45, 2.75) is 0 Å². The molecule has 0 aliphatic carbocycles. The van der Waals surface area contributed by atoms with Gasteiger partial charge in [-0.3, -0.25) is 0 Å². The summed E-state index contributed by atoms with van der Waals surface area (Å²) in [6.45, 7) is 0. The average Bonchev–Trinajstić information content (AvgIpc) is 2.42. The summed E-state index contributed by atoms with van der Waals surface area (Å²) < 4.78 is 0. The minimum Gasteiger partial charge on any atom is -0.232 e. The molecule has 0 amide bonds. The summed E-state index contributed by atoms with van der Waals surface area (Å²) in [6.07, 6.45) is 0. The van der Waals surface area contributed by atoms with E-state index in [9.17, 15) is 0 Å². The van der Waals surface area contributed by atoms with Gasteiger partial charge in [-0.1, -0.05) is 81.7 Å². The number of fused-ring (bicyclic) bond motifs is 3.